The van der Waals surface area contributed by atoms with Gasteiger partial charge in [-0.15, -0.1) is 0 Å². The topological polar surface area (TPSA) is 36.6 Å². The molecule has 1 aromatic heterocycles. The van der Waals surface area contributed by atoms with Crippen LogP contribution in [-0.4, -0.2) is 29.6 Å². The summed E-state index contributed by atoms with van der Waals surface area (Å²) in [6, 6.07) is 10.3. The van der Waals surface area contributed by atoms with Crippen molar-refractivity contribution in [2.45, 2.75) is 18.4 Å². The number of aliphatic hydroxyl groups is 1. The van der Waals surface area contributed by atoms with Gasteiger partial charge in [-0.1, -0.05) is 24.3 Å². The van der Waals surface area contributed by atoms with E-state index in [1.165, 1.54) is 0 Å². The first-order valence-electron chi connectivity index (χ1n) is 7.33. The third-order valence-electron chi connectivity index (χ3n) is 4.97. The maximum Gasteiger partial charge on any atom is 0.105 e. The van der Waals surface area contributed by atoms with Crippen molar-refractivity contribution in [2.75, 3.05) is 19.6 Å². The molecule has 3 saturated heterocycles. The highest BCUT2D eigenvalue weighted by molar-refractivity contribution is 5.62. The highest BCUT2D eigenvalue weighted by atomic mass is 16.3. The molecule has 0 spiro atoms. The third-order valence-corrected chi connectivity index (χ3v) is 4.97. The van der Waals surface area contributed by atoms with E-state index in [1.807, 2.05) is 6.07 Å². The molecule has 3 heteroatoms. The number of furan rings is 1. The molecule has 0 saturated carbocycles. The minimum Gasteiger partial charge on any atom is -0.472 e. The summed E-state index contributed by atoms with van der Waals surface area (Å²) < 4.78 is 5.12. The Morgan fingerprint density at radius 2 is 1.80 bits per heavy atom. The summed E-state index contributed by atoms with van der Waals surface area (Å²) in [7, 11) is 0. The molecule has 2 aromatic rings. The third kappa shape index (κ3) is 1.81. The average Bonchev–Trinajstić information content (AvgIpc) is 3.03. The minimum atomic E-state index is -0.661. The standard InChI is InChI=1S/C17H19NO2/c19-17(12-18-8-5-16(17)6-9-18)15-3-1-13(2-4-15)14-7-10-20-11-14/h1-4,7,10-11,16,19H,5-6,8-9,12H2. The summed E-state index contributed by atoms with van der Waals surface area (Å²) in [5, 5.41) is 11.1. The van der Waals surface area contributed by atoms with E-state index in [0.29, 0.717) is 5.92 Å². The predicted octanol–water partition coefficient (Wildman–Crippen LogP) is 2.86. The van der Waals surface area contributed by atoms with Crippen molar-refractivity contribution < 1.29 is 9.52 Å². The van der Waals surface area contributed by atoms with Crippen molar-refractivity contribution in [2.24, 2.45) is 5.92 Å². The van der Waals surface area contributed by atoms with Crippen molar-refractivity contribution in [3.05, 3.63) is 48.4 Å². The molecule has 104 valence electrons. The van der Waals surface area contributed by atoms with Crippen LogP contribution in [0.2, 0.25) is 0 Å². The molecular formula is C17H19NO2. The van der Waals surface area contributed by atoms with Gasteiger partial charge in [-0.3, -0.25) is 0 Å². The number of fused-ring (bicyclic) bond motifs is 3. The van der Waals surface area contributed by atoms with Gasteiger partial charge in [0.2, 0.25) is 0 Å². The number of piperidine rings is 3. The van der Waals surface area contributed by atoms with E-state index in [4.69, 9.17) is 4.42 Å². The molecule has 4 heterocycles. The fraction of sp³-hybridized carbons (Fsp3) is 0.412. The molecule has 1 unspecified atom stereocenters. The fourth-order valence-corrected chi connectivity index (χ4v) is 3.75. The van der Waals surface area contributed by atoms with Crippen molar-refractivity contribution in [3.63, 3.8) is 0 Å². The normalized spacial score (nSPS) is 32.5. The lowest BCUT2D eigenvalue weighted by molar-refractivity contribution is -0.117. The van der Waals surface area contributed by atoms with Crippen LogP contribution in [0, 0.1) is 5.92 Å². The molecule has 20 heavy (non-hydrogen) atoms. The molecule has 3 aliphatic rings. The van der Waals surface area contributed by atoms with Gasteiger partial charge < -0.3 is 14.4 Å². The van der Waals surface area contributed by atoms with Crippen LogP contribution in [-0.2, 0) is 5.60 Å². The lowest BCUT2D eigenvalue weighted by atomic mass is 9.71. The van der Waals surface area contributed by atoms with Crippen molar-refractivity contribution in [1.29, 1.82) is 0 Å². The van der Waals surface area contributed by atoms with E-state index < -0.39 is 5.60 Å². The monoisotopic (exact) mass is 269 g/mol. The van der Waals surface area contributed by atoms with Gasteiger partial charge in [-0.2, -0.15) is 0 Å². The summed E-state index contributed by atoms with van der Waals surface area (Å²) in [6.07, 6.45) is 5.65. The molecule has 1 aromatic carbocycles. The van der Waals surface area contributed by atoms with Crippen LogP contribution in [0.1, 0.15) is 18.4 Å². The Morgan fingerprint density at radius 1 is 1.05 bits per heavy atom. The van der Waals surface area contributed by atoms with Crippen molar-refractivity contribution in [3.8, 4) is 11.1 Å². The molecule has 0 radical (unpaired) electrons. The smallest absolute Gasteiger partial charge is 0.105 e. The van der Waals surface area contributed by atoms with Gasteiger partial charge in [0.15, 0.2) is 0 Å². The summed E-state index contributed by atoms with van der Waals surface area (Å²) in [5.74, 6) is 0.410. The van der Waals surface area contributed by atoms with Crippen molar-refractivity contribution in [1.82, 2.24) is 4.90 Å². The predicted molar refractivity (Wildman–Crippen MR) is 77.2 cm³/mol. The first kappa shape index (κ1) is 12.2. The van der Waals surface area contributed by atoms with Gasteiger partial charge >= 0.3 is 0 Å². The summed E-state index contributed by atoms with van der Waals surface area (Å²) in [6.45, 7) is 3.06. The lowest BCUT2D eigenvalue weighted by Gasteiger charge is -2.50. The van der Waals surface area contributed by atoms with Crippen LogP contribution in [0.25, 0.3) is 11.1 Å². The highest BCUT2D eigenvalue weighted by Crippen LogP contribution is 2.42. The molecule has 1 N–H and O–H groups in total. The van der Waals surface area contributed by atoms with Crippen LogP contribution in [0.3, 0.4) is 0 Å². The molecule has 5 rings (SSSR count). The van der Waals surface area contributed by atoms with Gasteiger partial charge in [0.1, 0.15) is 5.60 Å². The zero-order valence-electron chi connectivity index (χ0n) is 11.5. The Kier molecular flexibility index (Phi) is 2.72. The zero-order valence-corrected chi connectivity index (χ0v) is 11.5. The van der Waals surface area contributed by atoms with Gasteiger partial charge in [0.05, 0.1) is 12.5 Å². The second-order valence-electron chi connectivity index (χ2n) is 6.06. The quantitative estimate of drug-likeness (QED) is 0.910. The fourth-order valence-electron chi connectivity index (χ4n) is 3.75. The zero-order chi connectivity index (χ0) is 13.6. The van der Waals surface area contributed by atoms with Gasteiger partial charge in [0.25, 0.3) is 0 Å². The number of benzene rings is 1. The Morgan fingerprint density at radius 3 is 2.35 bits per heavy atom. The number of hydrogen-bond acceptors (Lipinski definition) is 3. The lowest BCUT2D eigenvalue weighted by Crippen LogP contribution is -2.57. The van der Waals surface area contributed by atoms with Gasteiger partial charge in [-0.25, -0.2) is 0 Å². The van der Waals surface area contributed by atoms with Crippen LogP contribution in [0.4, 0.5) is 0 Å². The first-order valence-corrected chi connectivity index (χ1v) is 7.33. The Balaban J connectivity index is 1.66. The maximum atomic E-state index is 11.1. The minimum absolute atomic E-state index is 0.410. The molecule has 0 amide bonds. The summed E-state index contributed by atoms with van der Waals surface area (Å²) in [4.78, 5) is 2.38. The Labute approximate surface area is 118 Å². The van der Waals surface area contributed by atoms with E-state index in [0.717, 1.165) is 49.2 Å². The van der Waals surface area contributed by atoms with Gasteiger partial charge in [-0.05, 0) is 49.0 Å². The van der Waals surface area contributed by atoms with Crippen LogP contribution in [0.5, 0.6) is 0 Å². The van der Waals surface area contributed by atoms with E-state index in [1.54, 1.807) is 12.5 Å². The van der Waals surface area contributed by atoms with Crippen molar-refractivity contribution >= 4 is 0 Å². The molecule has 3 fully saturated rings. The van der Waals surface area contributed by atoms with E-state index in [-0.39, 0.29) is 0 Å². The van der Waals surface area contributed by atoms with Gasteiger partial charge in [0, 0.05) is 12.1 Å². The Hall–Kier alpha value is -1.58. The number of hydrogen-bond donors (Lipinski definition) is 1. The second-order valence-corrected chi connectivity index (χ2v) is 6.06. The number of rotatable bonds is 2. The summed E-state index contributed by atoms with van der Waals surface area (Å²) >= 11 is 0. The maximum absolute atomic E-state index is 11.1. The SMILES string of the molecule is OC1(c2ccc(-c3ccoc3)cc2)CN2CCC1CC2. The van der Waals surface area contributed by atoms with Crippen LogP contribution in [0.15, 0.2) is 47.3 Å². The molecule has 3 aliphatic heterocycles. The van der Waals surface area contributed by atoms with Crippen LogP contribution < -0.4 is 0 Å². The van der Waals surface area contributed by atoms with E-state index in [9.17, 15) is 5.11 Å². The summed E-state index contributed by atoms with van der Waals surface area (Å²) in [5.41, 5.74) is 2.61. The average molecular weight is 269 g/mol. The van der Waals surface area contributed by atoms with E-state index in [2.05, 4.69) is 29.2 Å². The second kappa shape index (κ2) is 4.47. The van der Waals surface area contributed by atoms with Crippen LogP contribution >= 0.6 is 0 Å². The molecule has 0 aliphatic carbocycles. The molecule has 2 bridgehead atoms. The molecular weight excluding hydrogens is 250 g/mol. The Bertz CT molecular complexity index is 582. The number of nitrogens with zero attached hydrogens (tertiary/aromatic N) is 1. The molecule has 3 nitrogen and oxygen atoms in total. The first-order chi connectivity index (χ1) is 9.75. The van der Waals surface area contributed by atoms with E-state index >= 15 is 0 Å². The highest BCUT2D eigenvalue weighted by Gasteiger charge is 2.46. The molecule has 1 atom stereocenters. The largest absolute Gasteiger partial charge is 0.472 e.